The molecule has 0 N–H and O–H groups in total. The monoisotopic (exact) mass is 384 g/mol. The van der Waals surface area contributed by atoms with Gasteiger partial charge in [-0.3, -0.25) is 0 Å². The van der Waals surface area contributed by atoms with Crippen LogP contribution >= 0.6 is 31.9 Å². The van der Waals surface area contributed by atoms with Gasteiger partial charge in [0.25, 0.3) is 0 Å². The summed E-state index contributed by atoms with van der Waals surface area (Å²) < 4.78 is 29.2. The maximum Gasteiger partial charge on any atom is 0.151 e. The molecule has 0 aliphatic carbocycles. The molecule has 1 aromatic rings. The van der Waals surface area contributed by atoms with Gasteiger partial charge in [-0.2, -0.15) is 0 Å². The van der Waals surface area contributed by atoms with Crippen LogP contribution in [0, 0.1) is 0 Å². The van der Waals surface area contributed by atoms with Gasteiger partial charge in [0.2, 0.25) is 0 Å². The predicted octanol–water partition coefficient (Wildman–Crippen LogP) is 3.33. The predicted molar refractivity (Wildman–Crippen MR) is 76.7 cm³/mol. The van der Waals surface area contributed by atoms with Crippen molar-refractivity contribution >= 4 is 41.7 Å². The van der Waals surface area contributed by atoms with Crippen LogP contribution in [-0.4, -0.2) is 27.0 Å². The topological polar surface area (TPSA) is 43.4 Å². The number of ether oxygens (including phenoxy) is 1. The van der Waals surface area contributed by atoms with Crippen LogP contribution in [0.3, 0.4) is 0 Å². The van der Waals surface area contributed by atoms with E-state index in [4.69, 9.17) is 4.74 Å². The number of rotatable bonds is 4. The van der Waals surface area contributed by atoms with E-state index in [0.29, 0.717) is 5.75 Å². The molecule has 0 fully saturated rings. The van der Waals surface area contributed by atoms with E-state index >= 15 is 0 Å². The minimum Gasteiger partial charge on any atom is -0.496 e. The Balaban J connectivity index is 3.19. The van der Waals surface area contributed by atoms with Gasteiger partial charge in [-0.25, -0.2) is 8.42 Å². The average molecular weight is 386 g/mol. The number of methoxy groups -OCH3 is 1. The summed E-state index contributed by atoms with van der Waals surface area (Å²) in [7, 11) is -1.54. The summed E-state index contributed by atoms with van der Waals surface area (Å²) >= 11 is 6.80. The Morgan fingerprint density at radius 1 is 1.35 bits per heavy atom. The Bertz CT molecular complexity index is 499. The zero-order chi connectivity index (χ0) is 13.2. The van der Waals surface area contributed by atoms with Crippen molar-refractivity contribution in [2.75, 3.05) is 13.4 Å². The molecule has 2 atom stereocenters. The SMILES string of the molecule is COc1ccc(Br)cc1C(Br)C(C)S(C)(=O)=O. The van der Waals surface area contributed by atoms with E-state index in [1.54, 1.807) is 14.0 Å². The highest BCUT2D eigenvalue weighted by Crippen LogP contribution is 2.37. The standard InChI is InChI=1S/C11H14Br2O3S/c1-7(17(3,14)15)11(13)9-6-8(12)4-5-10(9)16-2/h4-7,11H,1-3H3. The molecule has 0 aliphatic rings. The van der Waals surface area contributed by atoms with Gasteiger partial charge in [-0.05, 0) is 25.1 Å². The molecule has 0 saturated heterocycles. The van der Waals surface area contributed by atoms with Crippen molar-refractivity contribution in [3.8, 4) is 5.75 Å². The summed E-state index contributed by atoms with van der Waals surface area (Å²) in [5.41, 5.74) is 0.819. The average Bonchev–Trinajstić information content (AvgIpc) is 2.25. The molecule has 0 radical (unpaired) electrons. The summed E-state index contributed by atoms with van der Waals surface area (Å²) in [6, 6.07) is 5.52. The number of alkyl halides is 1. The second kappa shape index (κ2) is 5.71. The van der Waals surface area contributed by atoms with Crippen LogP contribution in [-0.2, 0) is 9.84 Å². The Hall–Kier alpha value is -0.0700. The molecule has 1 aromatic carbocycles. The molecule has 17 heavy (non-hydrogen) atoms. The van der Waals surface area contributed by atoms with E-state index in [9.17, 15) is 8.42 Å². The zero-order valence-corrected chi connectivity index (χ0v) is 13.8. The van der Waals surface area contributed by atoms with Crippen LogP contribution in [0.15, 0.2) is 22.7 Å². The first-order valence-corrected chi connectivity index (χ1v) is 8.60. The molecule has 0 amide bonds. The lowest BCUT2D eigenvalue weighted by molar-refractivity contribution is 0.409. The molecular weight excluding hydrogens is 372 g/mol. The van der Waals surface area contributed by atoms with Crippen molar-refractivity contribution in [2.45, 2.75) is 17.0 Å². The third kappa shape index (κ3) is 3.69. The van der Waals surface area contributed by atoms with E-state index < -0.39 is 15.1 Å². The van der Waals surface area contributed by atoms with E-state index in [2.05, 4.69) is 31.9 Å². The fourth-order valence-electron chi connectivity index (χ4n) is 1.39. The molecule has 0 aromatic heterocycles. The lowest BCUT2D eigenvalue weighted by Crippen LogP contribution is -2.21. The van der Waals surface area contributed by atoms with Gasteiger partial charge in [0.05, 0.1) is 17.2 Å². The lowest BCUT2D eigenvalue weighted by atomic mass is 10.1. The summed E-state index contributed by atoms with van der Waals surface area (Å²) in [6.07, 6.45) is 1.23. The quantitative estimate of drug-likeness (QED) is 0.746. The van der Waals surface area contributed by atoms with E-state index in [1.807, 2.05) is 18.2 Å². The lowest BCUT2D eigenvalue weighted by Gasteiger charge is -2.19. The molecule has 0 heterocycles. The van der Waals surface area contributed by atoms with E-state index in [1.165, 1.54) is 6.26 Å². The van der Waals surface area contributed by atoms with Crippen molar-refractivity contribution in [2.24, 2.45) is 0 Å². The largest absolute Gasteiger partial charge is 0.496 e. The van der Waals surface area contributed by atoms with Crippen LogP contribution < -0.4 is 4.74 Å². The van der Waals surface area contributed by atoms with Gasteiger partial charge in [0.15, 0.2) is 9.84 Å². The Morgan fingerprint density at radius 2 is 1.94 bits per heavy atom. The molecule has 0 aliphatic heterocycles. The zero-order valence-electron chi connectivity index (χ0n) is 9.78. The second-order valence-corrected chi connectivity index (χ2v) is 8.13. The van der Waals surface area contributed by atoms with Crippen LogP contribution in [0.1, 0.15) is 17.3 Å². The van der Waals surface area contributed by atoms with Gasteiger partial charge >= 0.3 is 0 Å². The Kier molecular flexibility index (Phi) is 5.04. The highest BCUT2D eigenvalue weighted by Gasteiger charge is 2.27. The van der Waals surface area contributed by atoms with Crippen LogP contribution in [0.2, 0.25) is 0 Å². The Labute approximate surface area is 119 Å². The van der Waals surface area contributed by atoms with E-state index in [0.717, 1.165) is 10.0 Å². The fourth-order valence-corrected chi connectivity index (χ4v) is 3.88. The van der Waals surface area contributed by atoms with Crippen molar-refractivity contribution in [3.63, 3.8) is 0 Å². The summed E-state index contributed by atoms with van der Waals surface area (Å²) in [4.78, 5) is -0.301. The summed E-state index contributed by atoms with van der Waals surface area (Å²) in [5.74, 6) is 0.672. The number of hydrogen-bond donors (Lipinski definition) is 0. The smallest absolute Gasteiger partial charge is 0.151 e. The molecule has 1 rings (SSSR count). The summed E-state index contributed by atoms with van der Waals surface area (Å²) in [5, 5.41) is -0.523. The fraction of sp³-hybridized carbons (Fsp3) is 0.455. The number of halogens is 2. The van der Waals surface area contributed by atoms with E-state index in [-0.39, 0.29) is 4.83 Å². The van der Waals surface area contributed by atoms with Gasteiger partial charge in [0.1, 0.15) is 5.75 Å². The number of hydrogen-bond acceptors (Lipinski definition) is 3. The number of benzene rings is 1. The summed E-state index contributed by atoms with van der Waals surface area (Å²) in [6.45, 7) is 1.68. The minimum absolute atomic E-state index is 0.301. The molecule has 2 unspecified atom stereocenters. The first-order chi connectivity index (χ1) is 7.77. The molecular formula is C11H14Br2O3S. The third-order valence-electron chi connectivity index (χ3n) is 2.58. The molecule has 0 bridgehead atoms. The van der Waals surface area contributed by atoms with Gasteiger partial charge < -0.3 is 4.74 Å². The molecule has 0 saturated carbocycles. The van der Waals surface area contributed by atoms with Crippen molar-refractivity contribution in [1.29, 1.82) is 0 Å². The maximum atomic E-state index is 11.5. The molecule has 0 spiro atoms. The second-order valence-electron chi connectivity index (χ2n) is 3.82. The highest BCUT2D eigenvalue weighted by molar-refractivity contribution is 9.10. The van der Waals surface area contributed by atoms with Gasteiger partial charge in [-0.15, -0.1) is 0 Å². The normalized spacial score (nSPS) is 15.4. The number of sulfone groups is 1. The first-order valence-electron chi connectivity index (χ1n) is 4.93. The van der Waals surface area contributed by atoms with Crippen LogP contribution in [0.25, 0.3) is 0 Å². The van der Waals surface area contributed by atoms with Crippen molar-refractivity contribution < 1.29 is 13.2 Å². The van der Waals surface area contributed by atoms with Gasteiger partial charge in [0, 0.05) is 16.3 Å². The van der Waals surface area contributed by atoms with Gasteiger partial charge in [-0.1, -0.05) is 31.9 Å². The first kappa shape index (κ1) is 15.0. The maximum absolute atomic E-state index is 11.5. The highest BCUT2D eigenvalue weighted by atomic mass is 79.9. The minimum atomic E-state index is -3.11. The molecule has 96 valence electrons. The van der Waals surface area contributed by atoms with Crippen molar-refractivity contribution in [1.82, 2.24) is 0 Å². The Morgan fingerprint density at radius 3 is 2.41 bits per heavy atom. The third-order valence-corrected chi connectivity index (χ3v) is 6.33. The van der Waals surface area contributed by atoms with Crippen LogP contribution in [0.5, 0.6) is 5.75 Å². The van der Waals surface area contributed by atoms with Crippen molar-refractivity contribution in [3.05, 3.63) is 28.2 Å². The molecule has 6 heteroatoms. The van der Waals surface area contributed by atoms with Crippen LogP contribution in [0.4, 0.5) is 0 Å². The molecule has 3 nitrogen and oxygen atoms in total.